The summed E-state index contributed by atoms with van der Waals surface area (Å²) in [5.41, 5.74) is 0.755. The molecule has 0 radical (unpaired) electrons. The van der Waals surface area contributed by atoms with Crippen LogP contribution in [0.15, 0.2) is 24.3 Å². The number of rotatable bonds is 5. The number of nitrogens with one attached hydrogen (secondary N) is 1. The van der Waals surface area contributed by atoms with E-state index >= 15 is 0 Å². The number of carboxylic acids is 1. The van der Waals surface area contributed by atoms with Gasteiger partial charge < -0.3 is 5.11 Å². The summed E-state index contributed by atoms with van der Waals surface area (Å²) in [6.07, 6.45) is 0. The molecule has 1 aromatic rings. The van der Waals surface area contributed by atoms with Crippen molar-refractivity contribution in [3.63, 3.8) is 0 Å². The Bertz CT molecular complexity index is 543. The van der Waals surface area contributed by atoms with E-state index in [4.69, 9.17) is 10.4 Å². The van der Waals surface area contributed by atoms with Gasteiger partial charge in [-0.2, -0.15) is 5.26 Å². The molecule has 0 unspecified atom stereocenters. The Morgan fingerprint density at radius 1 is 1.35 bits per heavy atom. The highest BCUT2D eigenvalue weighted by Gasteiger charge is 2.09. The zero-order valence-corrected chi connectivity index (χ0v) is 9.57. The van der Waals surface area contributed by atoms with Crippen molar-refractivity contribution in [2.45, 2.75) is 6.54 Å². The van der Waals surface area contributed by atoms with Gasteiger partial charge in [0.25, 0.3) is 0 Å². The Morgan fingerprint density at radius 3 is 2.41 bits per heavy atom. The maximum absolute atomic E-state index is 11.2. The summed E-state index contributed by atoms with van der Waals surface area (Å²) in [7, 11) is -3.58. The summed E-state index contributed by atoms with van der Waals surface area (Å²) < 4.78 is 24.5. The fourth-order valence-corrected chi connectivity index (χ4v) is 1.75. The van der Waals surface area contributed by atoms with Crippen LogP contribution in [0.3, 0.4) is 0 Å². The van der Waals surface area contributed by atoms with Gasteiger partial charge in [-0.25, -0.2) is 17.9 Å². The van der Waals surface area contributed by atoms with E-state index in [2.05, 4.69) is 4.72 Å². The Hall–Kier alpha value is -1.91. The van der Waals surface area contributed by atoms with Crippen molar-refractivity contribution in [1.29, 1.82) is 5.26 Å². The lowest BCUT2D eigenvalue weighted by Crippen LogP contribution is -2.25. The second-order valence-corrected chi connectivity index (χ2v) is 5.05. The first kappa shape index (κ1) is 13.2. The second kappa shape index (κ2) is 5.43. The molecule has 90 valence electrons. The fraction of sp³-hybridized carbons (Fsp3) is 0.200. The third kappa shape index (κ3) is 4.22. The predicted octanol–water partition coefficient (Wildman–Crippen LogP) is 0.328. The topological polar surface area (TPSA) is 107 Å². The monoisotopic (exact) mass is 254 g/mol. The molecular weight excluding hydrogens is 244 g/mol. The van der Waals surface area contributed by atoms with Crippen molar-refractivity contribution in [1.82, 2.24) is 4.72 Å². The van der Waals surface area contributed by atoms with Crippen LogP contribution in [0.2, 0.25) is 0 Å². The average Bonchev–Trinajstić information content (AvgIpc) is 2.27. The summed E-state index contributed by atoms with van der Waals surface area (Å²) in [6, 6.07) is 7.33. The van der Waals surface area contributed by atoms with Crippen molar-refractivity contribution in [2.24, 2.45) is 0 Å². The highest BCUT2D eigenvalue weighted by molar-refractivity contribution is 7.89. The number of aromatic carboxylic acids is 1. The summed E-state index contributed by atoms with van der Waals surface area (Å²) in [4.78, 5) is 10.6. The van der Waals surface area contributed by atoms with Gasteiger partial charge in [0.1, 0.15) is 0 Å². The van der Waals surface area contributed by atoms with Crippen LogP contribution in [0.4, 0.5) is 0 Å². The first-order valence-electron chi connectivity index (χ1n) is 4.61. The van der Waals surface area contributed by atoms with Crippen molar-refractivity contribution in [3.8, 4) is 6.07 Å². The van der Waals surface area contributed by atoms with Crippen LogP contribution in [-0.4, -0.2) is 25.2 Å². The maximum atomic E-state index is 11.2. The molecule has 0 fully saturated rings. The fourth-order valence-electron chi connectivity index (χ4n) is 1.09. The van der Waals surface area contributed by atoms with Crippen molar-refractivity contribution in [3.05, 3.63) is 35.4 Å². The van der Waals surface area contributed by atoms with E-state index in [1.54, 1.807) is 6.07 Å². The number of sulfonamides is 1. The number of hydrogen-bond acceptors (Lipinski definition) is 4. The first-order valence-corrected chi connectivity index (χ1v) is 6.26. The number of carboxylic acid groups (broad SMARTS) is 1. The summed E-state index contributed by atoms with van der Waals surface area (Å²) in [5.74, 6) is -1.64. The molecule has 1 rings (SSSR count). The number of benzene rings is 1. The maximum Gasteiger partial charge on any atom is 0.335 e. The minimum Gasteiger partial charge on any atom is -0.478 e. The summed E-state index contributed by atoms with van der Waals surface area (Å²) in [6.45, 7) is 0.0317. The molecule has 1 aromatic carbocycles. The minimum atomic E-state index is -3.58. The van der Waals surface area contributed by atoms with E-state index in [9.17, 15) is 13.2 Å². The lowest BCUT2D eigenvalue weighted by Gasteiger charge is -2.03. The van der Waals surface area contributed by atoms with Crippen LogP contribution in [0, 0.1) is 11.3 Å². The van der Waals surface area contributed by atoms with Gasteiger partial charge in [-0.3, -0.25) is 0 Å². The smallest absolute Gasteiger partial charge is 0.335 e. The molecule has 0 amide bonds. The number of nitriles is 1. The van der Waals surface area contributed by atoms with Gasteiger partial charge in [0.05, 0.1) is 11.6 Å². The van der Waals surface area contributed by atoms with E-state index in [-0.39, 0.29) is 12.1 Å². The molecule has 0 atom stereocenters. The minimum absolute atomic E-state index is 0.0317. The van der Waals surface area contributed by atoms with Crippen LogP contribution in [-0.2, 0) is 16.6 Å². The van der Waals surface area contributed by atoms with Crippen LogP contribution in [0.25, 0.3) is 0 Å². The van der Waals surface area contributed by atoms with E-state index < -0.39 is 21.7 Å². The third-order valence-electron chi connectivity index (χ3n) is 1.95. The van der Waals surface area contributed by atoms with Gasteiger partial charge in [0, 0.05) is 6.54 Å². The molecular formula is C10H10N2O4S. The Morgan fingerprint density at radius 2 is 1.94 bits per heavy atom. The van der Waals surface area contributed by atoms with Gasteiger partial charge in [0.2, 0.25) is 10.0 Å². The molecule has 0 aliphatic carbocycles. The Kier molecular flexibility index (Phi) is 4.20. The van der Waals surface area contributed by atoms with E-state index in [0.29, 0.717) is 5.56 Å². The summed E-state index contributed by atoms with van der Waals surface area (Å²) in [5, 5.41) is 16.9. The average molecular weight is 254 g/mol. The molecule has 0 saturated carbocycles. The Labute approximate surface area is 98.6 Å². The predicted molar refractivity (Wildman–Crippen MR) is 59.6 cm³/mol. The molecule has 2 N–H and O–H groups in total. The largest absolute Gasteiger partial charge is 0.478 e. The van der Waals surface area contributed by atoms with E-state index in [1.165, 1.54) is 24.3 Å². The molecule has 0 saturated heterocycles. The molecule has 0 aliphatic heterocycles. The highest BCUT2D eigenvalue weighted by atomic mass is 32.2. The molecule has 0 heterocycles. The molecule has 17 heavy (non-hydrogen) atoms. The molecule has 0 aromatic heterocycles. The zero-order valence-electron chi connectivity index (χ0n) is 8.75. The van der Waals surface area contributed by atoms with Crippen molar-refractivity contribution >= 4 is 16.0 Å². The highest BCUT2D eigenvalue weighted by Crippen LogP contribution is 2.04. The number of carbonyl (C=O) groups is 1. The molecule has 6 nitrogen and oxygen atoms in total. The zero-order chi connectivity index (χ0) is 12.9. The van der Waals surface area contributed by atoms with Gasteiger partial charge in [-0.1, -0.05) is 12.1 Å². The van der Waals surface area contributed by atoms with Gasteiger partial charge in [0.15, 0.2) is 5.75 Å². The third-order valence-corrected chi connectivity index (χ3v) is 3.04. The molecule has 0 aliphatic rings. The van der Waals surface area contributed by atoms with E-state index in [0.717, 1.165) is 0 Å². The number of hydrogen-bond donors (Lipinski definition) is 2. The number of nitrogens with zero attached hydrogens (tertiary/aromatic N) is 1. The van der Waals surface area contributed by atoms with Crippen LogP contribution in [0.1, 0.15) is 15.9 Å². The van der Waals surface area contributed by atoms with Crippen LogP contribution in [0.5, 0.6) is 0 Å². The summed E-state index contributed by atoms with van der Waals surface area (Å²) >= 11 is 0. The van der Waals surface area contributed by atoms with Gasteiger partial charge in [-0.05, 0) is 17.7 Å². The standard InChI is InChI=1S/C10H10N2O4S/c11-5-6-17(15,16)12-7-8-1-3-9(4-2-8)10(13)14/h1-4,12H,6-7H2,(H,13,14). The quantitative estimate of drug-likeness (QED) is 0.787. The van der Waals surface area contributed by atoms with Crippen LogP contribution < -0.4 is 4.72 Å². The normalized spacial score (nSPS) is 10.8. The van der Waals surface area contributed by atoms with Crippen LogP contribution >= 0.6 is 0 Å². The van der Waals surface area contributed by atoms with Crippen molar-refractivity contribution < 1.29 is 18.3 Å². The van der Waals surface area contributed by atoms with Crippen molar-refractivity contribution in [2.75, 3.05) is 5.75 Å². The lowest BCUT2D eigenvalue weighted by molar-refractivity contribution is 0.0697. The molecule has 7 heteroatoms. The molecule has 0 bridgehead atoms. The SMILES string of the molecule is N#CCS(=O)(=O)NCc1ccc(C(=O)O)cc1. The lowest BCUT2D eigenvalue weighted by atomic mass is 10.1. The van der Waals surface area contributed by atoms with E-state index in [1.807, 2.05) is 0 Å². The Balaban J connectivity index is 2.65. The molecule has 0 spiro atoms. The first-order chi connectivity index (χ1) is 7.94. The second-order valence-electron chi connectivity index (χ2n) is 3.24. The van der Waals surface area contributed by atoms with Gasteiger partial charge in [-0.15, -0.1) is 0 Å². The van der Waals surface area contributed by atoms with Gasteiger partial charge >= 0.3 is 5.97 Å².